The second-order valence-electron chi connectivity index (χ2n) is 5.41. The molecule has 2 rings (SSSR count). The molecule has 0 radical (unpaired) electrons. The van der Waals surface area contributed by atoms with E-state index in [2.05, 4.69) is 0 Å². The maximum absolute atomic E-state index is 12.3. The van der Waals surface area contributed by atoms with Crippen LogP contribution in [0.3, 0.4) is 0 Å². The van der Waals surface area contributed by atoms with Crippen molar-refractivity contribution in [3.05, 3.63) is 0 Å². The Bertz CT molecular complexity index is 339. The number of nitrogens with two attached hydrogens (primary N) is 2. The van der Waals surface area contributed by atoms with Crippen molar-refractivity contribution in [2.75, 3.05) is 6.54 Å². The summed E-state index contributed by atoms with van der Waals surface area (Å²) in [6.07, 6.45) is 2.82. The fraction of sp³-hybridized carbons (Fsp3) is 0.833. The Kier molecular flexibility index (Phi) is 3.87. The van der Waals surface area contributed by atoms with Gasteiger partial charge < -0.3 is 21.5 Å². The van der Waals surface area contributed by atoms with Crippen LogP contribution in [0.15, 0.2) is 0 Å². The van der Waals surface area contributed by atoms with Crippen LogP contribution in [0.2, 0.25) is 0 Å². The second-order valence-corrected chi connectivity index (χ2v) is 5.41. The summed E-state index contributed by atoms with van der Waals surface area (Å²) in [6.45, 7) is 0.217. The molecule has 18 heavy (non-hydrogen) atoms. The average Bonchev–Trinajstić information content (AvgIpc) is 2.71. The molecule has 5 N–H and O–H groups in total. The third-order valence-corrected chi connectivity index (χ3v) is 4.01. The summed E-state index contributed by atoms with van der Waals surface area (Å²) in [6, 6.07) is -0.465. The van der Waals surface area contributed by atoms with Crippen molar-refractivity contribution < 1.29 is 14.7 Å². The Labute approximate surface area is 106 Å². The zero-order valence-corrected chi connectivity index (χ0v) is 10.4. The Morgan fingerprint density at radius 1 is 1.17 bits per heavy atom. The topological polar surface area (TPSA) is 110 Å². The highest BCUT2D eigenvalue weighted by molar-refractivity contribution is 5.88. The van der Waals surface area contributed by atoms with Crippen molar-refractivity contribution in [1.29, 1.82) is 0 Å². The minimum atomic E-state index is -0.650. The summed E-state index contributed by atoms with van der Waals surface area (Å²) < 4.78 is 0. The minimum Gasteiger partial charge on any atom is -0.391 e. The lowest BCUT2D eigenvalue weighted by molar-refractivity contribution is -0.141. The molecule has 1 saturated heterocycles. The van der Waals surface area contributed by atoms with Gasteiger partial charge in [0.25, 0.3) is 0 Å². The first-order valence-corrected chi connectivity index (χ1v) is 6.52. The van der Waals surface area contributed by atoms with Gasteiger partial charge in [-0.15, -0.1) is 0 Å². The predicted molar refractivity (Wildman–Crippen MR) is 65.3 cm³/mol. The minimum absolute atomic E-state index is 0.0535. The number of rotatable bonds is 2. The van der Waals surface area contributed by atoms with Crippen LogP contribution in [0.25, 0.3) is 0 Å². The van der Waals surface area contributed by atoms with Gasteiger partial charge in [-0.1, -0.05) is 0 Å². The number of primary amides is 1. The van der Waals surface area contributed by atoms with Crippen molar-refractivity contribution in [2.24, 2.45) is 17.4 Å². The lowest BCUT2D eigenvalue weighted by Crippen LogP contribution is -2.47. The fourth-order valence-electron chi connectivity index (χ4n) is 2.93. The van der Waals surface area contributed by atoms with Crippen molar-refractivity contribution in [1.82, 2.24) is 4.90 Å². The zero-order chi connectivity index (χ0) is 13.3. The molecule has 2 unspecified atom stereocenters. The van der Waals surface area contributed by atoms with E-state index in [1.807, 2.05) is 0 Å². The molecule has 2 atom stereocenters. The summed E-state index contributed by atoms with van der Waals surface area (Å²) in [5, 5.41) is 9.59. The highest BCUT2D eigenvalue weighted by atomic mass is 16.3. The number of amides is 2. The Morgan fingerprint density at radius 2 is 1.78 bits per heavy atom. The van der Waals surface area contributed by atoms with Crippen LogP contribution in [0.5, 0.6) is 0 Å². The number of carbonyl (C=O) groups is 2. The maximum Gasteiger partial charge on any atom is 0.240 e. The van der Waals surface area contributed by atoms with Crippen LogP contribution in [0.4, 0.5) is 0 Å². The number of β-amino-alcohol motifs (C(OH)–C–C–N with tert-alkyl or cyclic N) is 1. The van der Waals surface area contributed by atoms with Gasteiger partial charge in [-0.05, 0) is 25.7 Å². The maximum atomic E-state index is 12.3. The zero-order valence-electron chi connectivity index (χ0n) is 10.4. The monoisotopic (exact) mass is 255 g/mol. The number of hydrogen-bond acceptors (Lipinski definition) is 4. The first-order valence-electron chi connectivity index (χ1n) is 6.52. The molecule has 1 heterocycles. The molecule has 6 heteroatoms. The first kappa shape index (κ1) is 13.3. The van der Waals surface area contributed by atoms with Crippen LogP contribution in [0, 0.1) is 5.92 Å². The molecule has 2 aliphatic rings. The molecule has 0 aromatic rings. The largest absolute Gasteiger partial charge is 0.391 e. The van der Waals surface area contributed by atoms with Crippen molar-refractivity contribution in [3.8, 4) is 0 Å². The van der Waals surface area contributed by atoms with Gasteiger partial charge in [0, 0.05) is 24.9 Å². The highest BCUT2D eigenvalue weighted by Gasteiger charge is 2.40. The average molecular weight is 255 g/mol. The second kappa shape index (κ2) is 5.24. The summed E-state index contributed by atoms with van der Waals surface area (Å²) in [7, 11) is 0. The number of hydrogen-bond donors (Lipinski definition) is 3. The number of nitrogens with zero attached hydrogens (tertiary/aromatic N) is 1. The van der Waals surface area contributed by atoms with Gasteiger partial charge in [0.05, 0.1) is 6.10 Å². The Hall–Kier alpha value is -1.14. The van der Waals surface area contributed by atoms with E-state index in [-0.39, 0.29) is 30.8 Å². The standard InChI is InChI=1S/C12H21N3O3/c13-8-3-1-7(2-4-8)12(18)15-6-9(16)5-10(15)11(14)17/h7-10,16H,1-6,13H2,(H2,14,17). The van der Waals surface area contributed by atoms with Crippen LogP contribution in [-0.4, -0.2) is 46.6 Å². The van der Waals surface area contributed by atoms with Crippen molar-refractivity contribution in [2.45, 2.75) is 50.3 Å². The van der Waals surface area contributed by atoms with Gasteiger partial charge in [0.1, 0.15) is 6.04 Å². The van der Waals surface area contributed by atoms with E-state index in [0.717, 1.165) is 25.7 Å². The third kappa shape index (κ3) is 2.64. The number of likely N-dealkylation sites (tertiary alicyclic amines) is 1. The van der Waals surface area contributed by atoms with Crippen LogP contribution >= 0.6 is 0 Å². The molecule has 0 aromatic heterocycles. The van der Waals surface area contributed by atoms with Gasteiger partial charge in [-0.2, -0.15) is 0 Å². The van der Waals surface area contributed by atoms with E-state index in [4.69, 9.17) is 11.5 Å². The van der Waals surface area contributed by atoms with E-state index in [0.29, 0.717) is 0 Å². The molecule has 0 spiro atoms. The Morgan fingerprint density at radius 3 is 2.33 bits per heavy atom. The molecule has 2 fully saturated rings. The lowest BCUT2D eigenvalue weighted by atomic mass is 9.85. The summed E-state index contributed by atoms with van der Waals surface area (Å²) in [4.78, 5) is 25.1. The van der Waals surface area contributed by atoms with Gasteiger partial charge in [-0.25, -0.2) is 0 Å². The molecular formula is C12H21N3O3. The normalized spacial score (nSPS) is 36.7. The third-order valence-electron chi connectivity index (χ3n) is 4.01. The van der Waals surface area contributed by atoms with E-state index in [9.17, 15) is 14.7 Å². The molecular weight excluding hydrogens is 234 g/mol. The molecule has 102 valence electrons. The van der Waals surface area contributed by atoms with E-state index in [1.165, 1.54) is 4.90 Å². The molecule has 2 amide bonds. The van der Waals surface area contributed by atoms with Crippen LogP contribution in [0.1, 0.15) is 32.1 Å². The SMILES string of the molecule is NC(=O)C1CC(O)CN1C(=O)C1CCC(N)CC1. The van der Waals surface area contributed by atoms with Crippen molar-refractivity contribution >= 4 is 11.8 Å². The van der Waals surface area contributed by atoms with E-state index in [1.54, 1.807) is 0 Å². The summed E-state index contributed by atoms with van der Waals surface area (Å²) in [5.41, 5.74) is 11.1. The summed E-state index contributed by atoms with van der Waals surface area (Å²) in [5.74, 6) is -0.661. The molecule has 1 saturated carbocycles. The molecule has 0 aromatic carbocycles. The van der Waals surface area contributed by atoms with Gasteiger partial charge >= 0.3 is 0 Å². The van der Waals surface area contributed by atoms with Gasteiger partial charge in [-0.3, -0.25) is 9.59 Å². The van der Waals surface area contributed by atoms with Crippen molar-refractivity contribution in [3.63, 3.8) is 0 Å². The van der Waals surface area contributed by atoms with Gasteiger partial charge in [0.2, 0.25) is 11.8 Å². The smallest absolute Gasteiger partial charge is 0.240 e. The summed E-state index contributed by atoms with van der Waals surface area (Å²) >= 11 is 0. The molecule has 1 aliphatic carbocycles. The lowest BCUT2D eigenvalue weighted by Gasteiger charge is -2.30. The quantitative estimate of drug-likeness (QED) is 0.585. The first-order chi connectivity index (χ1) is 8.49. The van der Waals surface area contributed by atoms with E-state index >= 15 is 0 Å². The van der Waals surface area contributed by atoms with Crippen LogP contribution < -0.4 is 11.5 Å². The molecule has 0 bridgehead atoms. The van der Waals surface area contributed by atoms with E-state index < -0.39 is 18.1 Å². The highest BCUT2D eigenvalue weighted by Crippen LogP contribution is 2.28. The predicted octanol–water partition coefficient (Wildman–Crippen LogP) is -1.05. The Balaban J connectivity index is 2.01. The van der Waals surface area contributed by atoms with Gasteiger partial charge in [0.15, 0.2) is 0 Å². The molecule has 1 aliphatic heterocycles. The number of carbonyl (C=O) groups excluding carboxylic acids is 2. The molecule has 6 nitrogen and oxygen atoms in total. The van der Waals surface area contributed by atoms with Crippen LogP contribution in [-0.2, 0) is 9.59 Å². The number of aliphatic hydroxyl groups excluding tert-OH is 1. The fourth-order valence-corrected chi connectivity index (χ4v) is 2.93. The number of aliphatic hydroxyl groups is 1.